The molecular weight excluding hydrogens is 266 g/mol. The van der Waals surface area contributed by atoms with Crippen LogP contribution in [0.5, 0.6) is 5.75 Å². The van der Waals surface area contributed by atoms with Gasteiger partial charge in [-0.1, -0.05) is 6.07 Å². The number of ether oxygens (including phenoxy) is 1. The highest BCUT2D eigenvalue weighted by atomic mass is 79.9. The van der Waals surface area contributed by atoms with Crippen molar-refractivity contribution in [3.63, 3.8) is 0 Å². The lowest BCUT2D eigenvalue weighted by Crippen LogP contribution is -2.22. The van der Waals surface area contributed by atoms with Crippen molar-refractivity contribution in [3.8, 4) is 5.75 Å². The second-order valence-corrected chi connectivity index (χ2v) is 5.51. The number of nitrogens with two attached hydrogens (primary N) is 1. The first-order valence-corrected chi connectivity index (χ1v) is 6.39. The Balaban J connectivity index is 2.64. The normalized spacial score (nSPS) is 17.3. The van der Waals surface area contributed by atoms with E-state index in [4.69, 9.17) is 10.5 Å². The molecule has 0 aliphatic heterocycles. The lowest BCUT2D eigenvalue weighted by molar-refractivity contribution is 0.400. The van der Waals surface area contributed by atoms with Crippen molar-refractivity contribution in [2.24, 2.45) is 5.73 Å². The van der Waals surface area contributed by atoms with Crippen LogP contribution in [0.15, 0.2) is 10.5 Å². The topological polar surface area (TPSA) is 35.2 Å². The SMILES string of the molecule is COc1c(Br)c(C)cc(C)c1C1(CN)CC1. The van der Waals surface area contributed by atoms with Crippen LogP contribution in [0.25, 0.3) is 0 Å². The van der Waals surface area contributed by atoms with Gasteiger partial charge in [-0.3, -0.25) is 0 Å². The Bertz CT molecular complexity index is 424. The second-order valence-electron chi connectivity index (χ2n) is 4.72. The van der Waals surface area contributed by atoms with Crippen LogP contribution in [0.2, 0.25) is 0 Å². The summed E-state index contributed by atoms with van der Waals surface area (Å²) in [5.74, 6) is 0.973. The zero-order valence-corrected chi connectivity index (χ0v) is 11.6. The maximum atomic E-state index is 5.91. The fraction of sp³-hybridized carbons (Fsp3) is 0.538. The Morgan fingerprint density at radius 3 is 2.44 bits per heavy atom. The summed E-state index contributed by atoms with van der Waals surface area (Å²) < 4.78 is 6.63. The number of hydrogen-bond donors (Lipinski definition) is 1. The van der Waals surface area contributed by atoms with E-state index < -0.39 is 0 Å². The van der Waals surface area contributed by atoms with Crippen LogP contribution in [0.4, 0.5) is 0 Å². The van der Waals surface area contributed by atoms with Crippen LogP contribution < -0.4 is 10.5 Å². The van der Waals surface area contributed by atoms with Crippen molar-refractivity contribution < 1.29 is 4.74 Å². The monoisotopic (exact) mass is 283 g/mol. The maximum Gasteiger partial charge on any atom is 0.137 e. The Labute approximate surface area is 105 Å². The van der Waals surface area contributed by atoms with Gasteiger partial charge in [-0.05, 0) is 53.7 Å². The third kappa shape index (κ3) is 1.66. The second kappa shape index (κ2) is 4.04. The zero-order valence-electron chi connectivity index (χ0n) is 10.1. The molecule has 88 valence electrons. The van der Waals surface area contributed by atoms with E-state index in [1.165, 1.54) is 29.5 Å². The van der Waals surface area contributed by atoms with Gasteiger partial charge >= 0.3 is 0 Å². The number of methoxy groups -OCH3 is 1. The molecule has 0 bridgehead atoms. The molecule has 2 nitrogen and oxygen atoms in total. The molecule has 0 saturated heterocycles. The molecule has 16 heavy (non-hydrogen) atoms. The third-order valence-electron chi connectivity index (χ3n) is 3.58. The Morgan fingerprint density at radius 1 is 1.38 bits per heavy atom. The lowest BCUT2D eigenvalue weighted by atomic mass is 9.90. The third-order valence-corrected chi connectivity index (χ3v) is 4.56. The number of hydrogen-bond acceptors (Lipinski definition) is 2. The highest BCUT2D eigenvalue weighted by molar-refractivity contribution is 9.10. The smallest absolute Gasteiger partial charge is 0.137 e. The van der Waals surface area contributed by atoms with Gasteiger partial charge in [0, 0.05) is 17.5 Å². The maximum absolute atomic E-state index is 5.91. The van der Waals surface area contributed by atoms with E-state index in [-0.39, 0.29) is 5.41 Å². The molecule has 0 unspecified atom stereocenters. The molecule has 1 aliphatic carbocycles. The van der Waals surface area contributed by atoms with Crippen LogP contribution >= 0.6 is 15.9 Å². The van der Waals surface area contributed by atoms with E-state index in [1.54, 1.807) is 7.11 Å². The molecule has 1 aromatic carbocycles. The fourth-order valence-electron chi connectivity index (χ4n) is 2.49. The zero-order chi connectivity index (χ0) is 11.9. The van der Waals surface area contributed by atoms with Gasteiger partial charge in [0.1, 0.15) is 5.75 Å². The largest absolute Gasteiger partial charge is 0.495 e. The molecule has 0 atom stereocenters. The van der Waals surface area contributed by atoms with Crippen LogP contribution in [0.3, 0.4) is 0 Å². The Kier molecular flexibility index (Phi) is 3.01. The molecule has 0 radical (unpaired) electrons. The minimum Gasteiger partial charge on any atom is -0.495 e. The highest BCUT2D eigenvalue weighted by Crippen LogP contribution is 2.53. The molecule has 2 rings (SSSR count). The first-order chi connectivity index (χ1) is 7.55. The standard InChI is InChI=1S/C13H18BrNO/c1-8-6-9(2)11(14)12(16-3)10(8)13(7-15)4-5-13/h6H,4-5,7,15H2,1-3H3. The summed E-state index contributed by atoms with van der Waals surface area (Å²) >= 11 is 3.61. The molecule has 1 aromatic rings. The molecule has 0 heterocycles. The molecule has 0 amide bonds. The average Bonchev–Trinajstić information content (AvgIpc) is 3.03. The molecule has 3 heteroatoms. The summed E-state index contributed by atoms with van der Waals surface area (Å²) in [5, 5.41) is 0. The summed E-state index contributed by atoms with van der Waals surface area (Å²) in [5.41, 5.74) is 9.89. The Hall–Kier alpha value is -0.540. The number of rotatable bonds is 3. The summed E-state index contributed by atoms with van der Waals surface area (Å²) in [6.45, 7) is 4.94. The van der Waals surface area contributed by atoms with E-state index in [9.17, 15) is 0 Å². The van der Waals surface area contributed by atoms with Crippen LogP contribution in [-0.2, 0) is 5.41 Å². The van der Waals surface area contributed by atoms with Gasteiger partial charge in [0.25, 0.3) is 0 Å². The molecule has 1 saturated carbocycles. The van der Waals surface area contributed by atoms with Gasteiger partial charge in [0.2, 0.25) is 0 Å². The van der Waals surface area contributed by atoms with Crippen LogP contribution in [0.1, 0.15) is 29.5 Å². The molecule has 2 N–H and O–H groups in total. The number of aryl methyl sites for hydroxylation is 2. The summed E-state index contributed by atoms with van der Waals surface area (Å²) in [4.78, 5) is 0. The number of halogens is 1. The number of benzene rings is 1. The van der Waals surface area contributed by atoms with Gasteiger partial charge in [0.05, 0.1) is 11.6 Å². The minimum absolute atomic E-state index is 0.172. The van der Waals surface area contributed by atoms with Crippen molar-refractivity contribution in [1.29, 1.82) is 0 Å². The van der Waals surface area contributed by atoms with Gasteiger partial charge < -0.3 is 10.5 Å². The van der Waals surface area contributed by atoms with Crippen molar-refractivity contribution in [1.82, 2.24) is 0 Å². The van der Waals surface area contributed by atoms with E-state index in [2.05, 4.69) is 35.8 Å². The van der Waals surface area contributed by atoms with Crippen LogP contribution in [-0.4, -0.2) is 13.7 Å². The molecule has 0 spiro atoms. The van der Waals surface area contributed by atoms with Gasteiger partial charge in [-0.2, -0.15) is 0 Å². The molecule has 1 fully saturated rings. The molecular formula is C13H18BrNO. The molecule has 1 aliphatic rings. The van der Waals surface area contributed by atoms with Gasteiger partial charge in [-0.15, -0.1) is 0 Å². The van der Waals surface area contributed by atoms with Crippen molar-refractivity contribution >= 4 is 15.9 Å². The van der Waals surface area contributed by atoms with E-state index in [0.717, 1.165) is 10.2 Å². The fourth-order valence-corrected chi connectivity index (χ4v) is 2.96. The van der Waals surface area contributed by atoms with Gasteiger partial charge in [-0.25, -0.2) is 0 Å². The van der Waals surface area contributed by atoms with E-state index >= 15 is 0 Å². The predicted octanol–water partition coefficient (Wildman–Crippen LogP) is 3.06. The van der Waals surface area contributed by atoms with Gasteiger partial charge in [0.15, 0.2) is 0 Å². The van der Waals surface area contributed by atoms with E-state index in [0.29, 0.717) is 6.54 Å². The first kappa shape index (κ1) is 11.9. The quantitative estimate of drug-likeness (QED) is 0.925. The van der Waals surface area contributed by atoms with Crippen molar-refractivity contribution in [2.75, 3.05) is 13.7 Å². The highest BCUT2D eigenvalue weighted by Gasteiger charge is 2.46. The molecule has 0 aromatic heterocycles. The summed E-state index contributed by atoms with van der Waals surface area (Å²) in [6.07, 6.45) is 2.35. The average molecular weight is 284 g/mol. The van der Waals surface area contributed by atoms with E-state index in [1.807, 2.05) is 0 Å². The summed E-state index contributed by atoms with van der Waals surface area (Å²) in [6, 6.07) is 2.21. The summed E-state index contributed by atoms with van der Waals surface area (Å²) in [7, 11) is 1.73. The lowest BCUT2D eigenvalue weighted by Gasteiger charge is -2.22. The van der Waals surface area contributed by atoms with Crippen molar-refractivity contribution in [3.05, 3.63) is 27.2 Å². The van der Waals surface area contributed by atoms with Crippen LogP contribution in [0, 0.1) is 13.8 Å². The first-order valence-electron chi connectivity index (χ1n) is 5.60. The van der Waals surface area contributed by atoms with Crippen molar-refractivity contribution in [2.45, 2.75) is 32.1 Å². The predicted molar refractivity (Wildman–Crippen MR) is 70.1 cm³/mol. The minimum atomic E-state index is 0.172. The Morgan fingerprint density at radius 2 is 2.00 bits per heavy atom.